The minimum Gasteiger partial charge on any atom is -0.353 e. The molecule has 0 spiro atoms. The molecule has 2 N–H and O–H groups in total. The largest absolute Gasteiger partial charge is 0.353 e. The summed E-state index contributed by atoms with van der Waals surface area (Å²) >= 11 is 0. The maximum absolute atomic E-state index is 11.8. The maximum Gasteiger partial charge on any atom is 0.237 e. The Kier molecular flexibility index (Phi) is 4.90. The normalized spacial score (nSPS) is 14.6. The van der Waals surface area contributed by atoms with Gasteiger partial charge in [0.15, 0.2) is 0 Å². The third kappa shape index (κ3) is 3.84. The Hall–Kier alpha value is -1.36. The molecule has 1 rings (SSSR count). The van der Waals surface area contributed by atoms with Crippen LogP contribution < -0.4 is 10.6 Å². The lowest BCUT2D eigenvalue weighted by atomic mass is 10.1. The standard InChI is InChI=1S/C13H24N4O/c1-8(2)14-13(18)11(5)15-9(3)12-7-17(6)16-10(12)4/h7-9,11,15H,1-6H3,(H,14,18). The van der Waals surface area contributed by atoms with Gasteiger partial charge in [0.25, 0.3) is 0 Å². The van der Waals surface area contributed by atoms with E-state index in [0.29, 0.717) is 0 Å². The predicted molar refractivity (Wildman–Crippen MR) is 72.2 cm³/mol. The fraction of sp³-hybridized carbons (Fsp3) is 0.692. The second-order valence-electron chi connectivity index (χ2n) is 5.12. The number of nitrogens with one attached hydrogen (secondary N) is 2. The van der Waals surface area contributed by atoms with Crippen molar-refractivity contribution in [1.82, 2.24) is 20.4 Å². The van der Waals surface area contributed by atoms with E-state index in [0.717, 1.165) is 11.3 Å². The Morgan fingerprint density at radius 1 is 1.33 bits per heavy atom. The molecule has 0 aliphatic heterocycles. The minimum atomic E-state index is -0.220. The fourth-order valence-electron chi connectivity index (χ4n) is 1.99. The number of hydrogen-bond donors (Lipinski definition) is 2. The molecule has 1 heterocycles. The summed E-state index contributed by atoms with van der Waals surface area (Å²) in [6.07, 6.45) is 1.99. The maximum atomic E-state index is 11.8. The molecule has 18 heavy (non-hydrogen) atoms. The van der Waals surface area contributed by atoms with Crippen LogP contribution in [0.2, 0.25) is 0 Å². The van der Waals surface area contributed by atoms with Gasteiger partial charge in [-0.1, -0.05) is 0 Å². The first-order valence-corrected chi connectivity index (χ1v) is 6.37. The van der Waals surface area contributed by atoms with E-state index in [-0.39, 0.29) is 24.0 Å². The highest BCUT2D eigenvalue weighted by Gasteiger charge is 2.18. The van der Waals surface area contributed by atoms with Crippen LogP contribution in [0.15, 0.2) is 6.20 Å². The first-order chi connectivity index (χ1) is 8.31. The van der Waals surface area contributed by atoms with E-state index in [4.69, 9.17) is 0 Å². The van der Waals surface area contributed by atoms with Crippen LogP contribution in [-0.4, -0.2) is 27.8 Å². The molecule has 1 amide bonds. The molecule has 0 aliphatic carbocycles. The lowest BCUT2D eigenvalue weighted by Crippen LogP contribution is -2.45. The van der Waals surface area contributed by atoms with E-state index in [2.05, 4.69) is 15.7 Å². The van der Waals surface area contributed by atoms with Crippen molar-refractivity contribution in [3.63, 3.8) is 0 Å². The number of aryl methyl sites for hydroxylation is 2. The average molecular weight is 252 g/mol. The van der Waals surface area contributed by atoms with Crippen molar-refractivity contribution in [2.45, 2.75) is 52.7 Å². The molecule has 2 atom stereocenters. The van der Waals surface area contributed by atoms with Gasteiger partial charge in [0.1, 0.15) is 0 Å². The molecule has 5 heteroatoms. The number of hydrogen-bond acceptors (Lipinski definition) is 3. The van der Waals surface area contributed by atoms with Crippen molar-refractivity contribution in [3.8, 4) is 0 Å². The van der Waals surface area contributed by atoms with Crippen molar-refractivity contribution < 1.29 is 4.79 Å². The number of carbonyl (C=O) groups excluding carboxylic acids is 1. The molecular weight excluding hydrogens is 228 g/mol. The Balaban J connectivity index is 2.62. The van der Waals surface area contributed by atoms with Crippen molar-refractivity contribution in [1.29, 1.82) is 0 Å². The molecule has 1 aromatic rings. The van der Waals surface area contributed by atoms with Crippen LogP contribution in [0.3, 0.4) is 0 Å². The Morgan fingerprint density at radius 3 is 2.39 bits per heavy atom. The Morgan fingerprint density at radius 2 is 1.94 bits per heavy atom. The first kappa shape index (κ1) is 14.7. The molecule has 0 aromatic carbocycles. The van der Waals surface area contributed by atoms with Gasteiger partial charge in [0, 0.05) is 30.9 Å². The van der Waals surface area contributed by atoms with Crippen molar-refractivity contribution in [2.75, 3.05) is 0 Å². The molecule has 0 saturated heterocycles. The zero-order chi connectivity index (χ0) is 13.9. The zero-order valence-electron chi connectivity index (χ0n) is 12.1. The molecule has 0 radical (unpaired) electrons. The van der Waals surface area contributed by atoms with Gasteiger partial charge in [-0.3, -0.25) is 14.8 Å². The highest BCUT2D eigenvalue weighted by molar-refractivity contribution is 5.81. The van der Waals surface area contributed by atoms with Crippen LogP contribution in [0.5, 0.6) is 0 Å². The second-order valence-corrected chi connectivity index (χ2v) is 5.12. The van der Waals surface area contributed by atoms with Gasteiger partial charge < -0.3 is 5.32 Å². The topological polar surface area (TPSA) is 59.0 Å². The lowest BCUT2D eigenvalue weighted by Gasteiger charge is -2.20. The summed E-state index contributed by atoms with van der Waals surface area (Å²) in [5.74, 6) is 0.0263. The number of amides is 1. The highest BCUT2D eigenvalue weighted by Crippen LogP contribution is 2.16. The smallest absolute Gasteiger partial charge is 0.237 e. The molecule has 2 unspecified atom stereocenters. The summed E-state index contributed by atoms with van der Waals surface area (Å²) in [5, 5.41) is 10.5. The molecule has 0 bridgehead atoms. The van der Waals surface area contributed by atoms with Crippen LogP contribution in [0.1, 0.15) is 45.0 Å². The van der Waals surface area contributed by atoms with Gasteiger partial charge in [-0.15, -0.1) is 0 Å². The number of nitrogens with zero attached hydrogens (tertiary/aromatic N) is 2. The van der Waals surface area contributed by atoms with Crippen molar-refractivity contribution in [3.05, 3.63) is 17.5 Å². The third-order valence-electron chi connectivity index (χ3n) is 2.84. The molecule has 102 valence electrons. The van der Waals surface area contributed by atoms with Crippen LogP contribution in [0, 0.1) is 6.92 Å². The predicted octanol–water partition coefficient (Wildman–Crippen LogP) is 1.29. The average Bonchev–Trinajstić information content (AvgIpc) is 2.56. The molecule has 5 nitrogen and oxygen atoms in total. The van der Waals surface area contributed by atoms with Crippen LogP contribution >= 0.6 is 0 Å². The quantitative estimate of drug-likeness (QED) is 0.830. The summed E-state index contributed by atoms with van der Waals surface area (Å²) in [4.78, 5) is 11.8. The SMILES string of the molecule is Cc1nn(C)cc1C(C)NC(C)C(=O)NC(C)C. The molecule has 1 aromatic heterocycles. The zero-order valence-corrected chi connectivity index (χ0v) is 12.1. The fourth-order valence-corrected chi connectivity index (χ4v) is 1.99. The summed E-state index contributed by atoms with van der Waals surface area (Å²) in [6, 6.07) is 0.0470. The minimum absolute atomic E-state index is 0.0263. The summed E-state index contributed by atoms with van der Waals surface area (Å²) in [5.41, 5.74) is 2.12. The molecular formula is C13H24N4O. The van der Waals surface area contributed by atoms with Gasteiger partial charge >= 0.3 is 0 Å². The highest BCUT2D eigenvalue weighted by atomic mass is 16.2. The Labute approximate surface area is 109 Å². The van der Waals surface area contributed by atoms with Crippen LogP contribution in [-0.2, 0) is 11.8 Å². The number of rotatable bonds is 5. The number of carbonyl (C=O) groups is 1. The van der Waals surface area contributed by atoms with Gasteiger partial charge in [-0.2, -0.15) is 5.10 Å². The second kappa shape index (κ2) is 6.00. The van der Waals surface area contributed by atoms with Crippen molar-refractivity contribution >= 4 is 5.91 Å². The summed E-state index contributed by atoms with van der Waals surface area (Å²) in [7, 11) is 1.90. The molecule has 0 fully saturated rings. The lowest BCUT2D eigenvalue weighted by molar-refractivity contribution is -0.123. The van der Waals surface area contributed by atoms with Gasteiger partial charge in [-0.05, 0) is 34.6 Å². The monoisotopic (exact) mass is 252 g/mol. The van der Waals surface area contributed by atoms with E-state index in [1.54, 1.807) is 4.68 Å². The van der Waals surface area contributed by atoms with Crippen LogP contribution in [0.4, 0.5) is 0 Å². The van der Waals surface area contributed by atoms with Gasteiger partial charge in [0.05, 0.1) is 11.7 Å². The molecule has 0 saturated carbocycles. The third-order valence-corrected chi connectivity index (χ3v) is 2.84. The van der Waals surface area contributed by atoms with E-state index in [1.165, 1.54) is 0 Å². The van der Waals surface area contributed by atoms with E-state index < -0.39 is 0 Å². The van der Waals surface area contributed by atoms with E-state index in [1.807, 2.05) is 47.9 Å². The van der Waals surface area contributed by atoms with Gasteiger partial charge in [0.2, 0.25) is 5.91 Å². The van der Waals surface area contributed by atoms with Crippen LogP contribution in [0.25, 0.3) is 0 Å². The van der Waals surface area contributed by atoms with E-state index >= 15 is 0 Å². The summed E-state index contributed by atoms with van der Waals surface area (Å²) in [6.45, 7) is 9.81. The van der Waals surface area contributed by atoms with Crippen molar-refractivity contribution in [2.24, 2.45) is 7.05 Å². The summed E-state index contributed by atoms with van der Waals surface area (Å²) < 4.78 is 1.79. The van der Waals surface area contributed by atoms with Gasteiger partial charge in [-0.25, -0.2) is 0 Å². The molecule has 0 aliphatic rings. The number of aromatic nitrogens is 2. The van der Waals surface area contributed by atoms with E-state index in [9.17, 15) is 4.79 Å². The first-order valence-electron chi connectivity index (χ1n) is 6.37. The Bertz CT molecular complexity index is 411.